The standard InChI is InChI=1S/C14H14O4/c1-3-9(14(16)17-2)13(15)11-8-18-12-7-5-4-6-10(11)12/h4-9H,3H2,1-2H3. The summed E-state index contributed by atoms with van der Waals surface area (Å²) in [6.45, 7) is 1.78. The van der Waals surface area contributed by atoms with Crippen LogP contribution in [0, 0.1) is 5.92 Å². The molecule has 1 unspecified atom stereocenters. The number of rotatable bonds is 4. The molecule has 1 atom stereocenters. The number of benzene rings is 1. The summed E-state index contributed by atoms with van der Waals surface area (Å²) in [6.07, 6.45) is 1.81. The average molecular weight is 246 g/mol. The topological polar surface area (TPSA) is 56.5 Å². The first-order chi connectivity index (χ1) is 8.69. The van der Waals surface area contributed by atoms with Gasteiger partial charge in [-0.1, -0.05) is 25.1 Å². The lowest BCUT2D eigenvalue weighted by molar-refractivity contribution is -0.143. The molecule has 0 radical (unpaired) electrons. The van der Waals surface area contributed by atoms with Gasteiger partial charge in [0.2, 0.25) is 0 Å². The van der Waals surface area contributed by atoms with Gasteiger partial charge in [-0.05, 0) is 12.5 Å². The number of furan rings is 1. The van der Waals surface area contributed by atoms with E-state index in [-0.39, 0.29) is 5.78 Å². The largest absolute Gasteiger partial charge is 0.468 e. The summed E-state index contributed by atoms with van der Waals surface area (Å²) in [5.74, 6) is -1.53. The zero-order valence-corrected chi connectivity index (χ0v) is 10.3. The molecular formula is C14H14O4. The number of para-hydroxylation sites is 1. The van der Waals surface area contributed by atoms with Crippen molar-refractivity contribution in [1.29, 1.82) is 0 Å². The molecule has 2 aromatic rings. The molecule has 0 aliphatic carbocycles. The van der Waals surface area contributed by atoms with Crippen LogP contribution in [-0.4, -0.2) is 18.9 Å². The second-order valence-corrected chi connectivity index (χ2v) is 3.99. The third-order valence-corrected chi connectivity index (χ3v) is 2.96. The summed E-state index contributed by atoms with van der Waals surface area (Å²) in [5, 5.41) is 0.727. The first-order valence-corrected chi connectivity index (χ1v) is 5.77. The van der Waals surface area contributed by atoms with Gasteiger partial charge in [-0.2, -0.15) is 0 Å². The molecule has 0 aliphatic rings. The lowest BCUT2D eigenvalue weighted by atomic mass is 9.95. The molecule has 18 heavy (non-hydrogen) atoms. The second kappa shape index (κ2) is 5.04. The fourth-order valence-electron chi connectivity index (χ4n) is 1.96. The summed E-state index contributed by atoms with van der Waals surface area (Å²) >= 11 is 0. The van der Waals surface area contributed by atoms with Crippen LogP contribution in [0.4, 0.5) is 0 Å². The highest BCUT2D eigenvalue weighted by Crippen LogP contribution is 2.24. The second-order valence-electron chi connectivity index (χ2n) is 3.99. The van der Waals surface area contributed by atoms with E-state index in [2.05, 4.69) is 4.74 Å². The zero-order chi connectivity index (χ0) is 13.1. The molecule has 0 saturated carbocycles. The van der Waals surface area contributed by atoms with Crippen LogP contribution in [0.1, 0.15) is 23.7 Å². The van der Waals surface area contributed by atoms with Crippen LogP contribution in [0.2, 0.25) is 0 Å². The number of ketones is 1. The average Bonchev–Trinajstić information content (AvgIpc) is 2.82. The zero-order valence-electron chi connectivity index (χ0n) is 10.3. The van der Waals surface area contributed by atoms with E-state index in [0.717, 1.165) is 5.39 Å². The fraction of sp³-hybridized carbons (Fsp3) is 0.286. The van der Waals surface area contributed by atoms with Crippen LogP contribution in [0.15, 0.2) is 34.9 Å². The summed E-state index contributed by atoms with van der Waals surface area (Å²) in [7, 11) is 1.28. The highest BCUT2D eigenvalue weighted by atomic mass is 16.5. The number of carbonyl (C=O) groups is 2. The van der Waals surface area contributed by atoms with Crippen LogP contribution < -0.4 is 0 Å². The van der Waals surface area contributed by atoms with Gasteiger partial charge in [0, 0.05) is 5.39 Å². The number of methoxy groups -OCH3 is 1. The number of hydrogen-bond donors (Lipinski definition) is 0. The van der Waals surface area contributed by atoms with Crippen molar-refractivity contribution < 1.29 is 18.7 Å². The monoisotopic (exact) mass is 246 g/mol. The maximum absolute atomic E-state index is 12.3. The van der Waals surface area contributed by atoms with E-state index in [1.165, 1.54) is 13.4 Å². The SMILES string of the molecule is CCC(C(=O)OC)C(=O)c1coc2ccccc12. The first kappa shape index (κ1) is 12.4. The number of esters is 1. The van der Waals surface area contributed by atoms with Crippen LogP contribution in [0.5, 0.6) is 0 Å². The van der Waals surface area contributed by atoms with E-state index in [1.54, 1.807) is 19.1 Å². The number of Topliss-reactive ketones (excluding diaryl/α,β-unsaturated/α-hetero) is 1. The van der Waals surface area contributed by atoms with Crippen molar-refractivity contribution in [3.05, 3.63) is 36.1 Å². The number of carbonyl (C=O) groups excluding carboxylic acids is 2. The van der Waals surface area contributed by atoms with Gasteiger partial charge in [-0.25, -0.2) is 0 Å². The van der Waals surface area contributed by atoms with Crippen LogP contribution in [0.25, 0.3) is 11.0 Å². The van der Waals surface area contributed by atoms with E-state index < -0.39 is 11.9 Å². The Morgan fingerprint density at radius 2 is 2.06 bits per heavy atom. The molecule has 0 aliphatic heterocycles. The Bertz CT molecular complexity index is 582. The molecule has 1 heterocycles. The molecule has 2 rings (SSSR count). The quantitative estimate of drug-likeness (QED) is 0.473. The summed E-state index contributed by atoms with van der Waals surface area (Å²) in [4.78, 5) is 23.8. The molecule has 0 saturated heterocycles. The van der Waals surface area contributed by atoms with Crippen molar-refractivity contribution in [2.45, 2.75) is 13.3 Å². The number of hydrogen-bond acceptors (Lipinski definition) is 4. The molecule has 1 aromatic carbocycles. The normalized spacial score (nSPS) is 12.3. The van der Waals surface area contributed by atoms with Crippen molar-refractivity contribution in [3.8, 4) is 0 Å². The summed E-state index contributed by atoms with van der Waals surface area (Å²) in [5.41, 5.74) is 1.07. The van der Waals surface area contributed by atoms with E-state index in [1.807, 2.05) is 12.1 Å². The predicted octanol–water partition coefficient (Wildman–Crippen LogP) is 2.81. The maximum atomic E-state index is 12.3. The minimum atomic E-state index is -0.768. The van der Waals surface area contributed by atoms with E-state index >= 15 is 0 Å². The minimum Gasteiger partial charge on any atom is -0.468 e. The minimum absolute atomic E-state index is 0.255. The molecule has 4 nitrogen and oxygen atoms in total. The molecule has 0 amide bonds. The van der Waals surface area contributed by atoms with Crippen molar-refractivity contribution in [2.24, 2.45) is 5.92 Å². The van der Waals surface area contributed by atoms with Gasteiger partial charge in [-0.3, -0.25) is 9.59 Å². The fourth-order valence-corrected chi connectivity index (χ4v) is 1.96. The van der Waals surface area contributed by atoms with E-state index in [4.69, 9.17) is 4.42 Å². The van der Waals surface area contributed by atoms with E-state index in [0.29, 0.717) is 17.6 Å². The molecule has 0 spiro atoms. The van der Waals surface area contributed by atoms with Gasteiger partial charge in [-0.15, -0.1) is 0 Å². The molecule has 0 bridgehead atoms. The van der Waals surface area contributed by atoms with Crippen molar-refractivity contribution in [2.75, 3.05) is 7.11 Å². The van der Waals surface area contributed by atoms with Crippen molar-refractivity contribution >= 4 is 22.7 Å². The van der Waals surface area contributed by atoms with Gasteiger partial charge in [0.1, 0.15) is 17.8 Å². The lowest BCUT2D eigenvalue weighted by Crippen LogP contribution is -2.24. The Morgan fingerprint density at radius 1 is 1.33 bits per heavy atom. The molecule has 94 valence electrons. The van der Waals surface area contributed by atoms with Crippen LogP contribution >= 0.6 is 0 Å². The van der Waals surface area contributed by atoms with Crippen LogP contribution in [0.3, 0.4) is 0 Å². The van der Waals surface area contributed by atoms with Gasteiger partial charge >= 0.3 is 5.97 Å². The van der Waals surface area contributed by atoms with Crippen molar-refractivity contribution in [1.82, 2.24) is 0 Å². The predicted molar refractivity (Wildman–Crippen MR) is 66.3 cm³/mol. The van der Waals surface area contributed by atoms with Gasteiger partial charge in [0.25, 0.3) is 0 Å². The maximum Gasteiger partial charge on any atom is 0.316 e. The lowest BCUT2D eigenvalue weighted by Gasteiger charge is -2.09. The molecule has 1 aromatic heterocycles. The molecule has 0 fully saturated rings. The number of fused-ring (bicyclic) bond motifs is 1. The Labute approximate surface area is 105 Å². The Kier molecular flexibility index (Phi) is 3.46. The smallest absolute Gasteiger partial charge is 0.316 e. The Balaban J connectivity index is 2.41. The summed E-state index contributed by atoms with van der Waals surface area (Å²) < 4.78 is 9.95. The van der Waals surface area contributed by atoms with Crippen molar-refractivity contribution in [3.63, 3.8) is 0 Å². The van der Waals surface area contributed by atoms with Gasteiger partial charge in [0.15, 0.2) is 5.78 Å². The highest BCUT2D eigenvalue weighted by Gasteiger charge is 2.28. The molecular weight excluding hydrogens is 232 g/mol. The molecule has 0 N–H and O–H groups in total. The Hall–Kier alpha value is -2.10. The van der Waals surface area contributed by atoms with E-state index in [9.17, 15) is 9.59 Å². The number of ether oxygens (including phenoxy) is 1. The molecule has 4 heteroatoms. The van der Waals surface area contributed by atoms with Gasteiger partial charge < -0.3 is 9.15 Å². The Morgan fingerprint density at radius 3 is 2.72 bits per heavy atom. The van der Waals surface area contributed by atoms with Crippen LogP contribution in [-0.2, 0) is 9.53 Å². The summed E-state index contributed by atoms with van der Waals surface area (Å²) in [6, 6.07) is 7.24. The van der Waals surface area contributed by atoms with Gasteiger partial charge in [0.05, 0.1) is 12.7 Å². The highest BCUT2D eigenvalue weighted by molar-refractivity contribution is 6.14. The first-order valence-electron chi connectivity index (χ1n) is 5.77. The third-order valence-electron chi connectivity index (χ3n) is 2.96. The third kappa shape index (κ3) is 2.01.